The number of nitrogens with one attached hydrogen (secondary N) is 3. The van der Waals surface area contributed by atoms with Crippen LogP contribution in [0, 0.1) is 17.8 Å². The molecule has 0 radical (unpaired) electrons. The average molecular weight is 609 g/mol. The Kier molecular flexibility index (Phi) is 13.7. The van der Waals surface area contributed by atoms with Gasteiger partial charge in [0.25, 0.3) is 5.91 Å². The van der Waals surface area contributed by atoms with Crippen LogP contribution in [0.2, 0.25) is 0 Å². The van der Waals surface area contributed by atoms with Gasteiger partial charge in [0.2, 0.25) is 25.1 Å². The molecule has 3 N–H and O–H groups in total. The quantitative estimate of drug-likeness (QED) is 0.190. The molecule has 1 aromatic rings. The molecular formula is C29H45N4O8P. The van der Waals surface area contributed by atoms with Crippen molar-refractivity contribution in [2.75, 3.05) is 26.1 Å². The molecule has 0 aliphatic carbocycles. The molecule has 5 amide bonds. The number of benzene rings is 1. The van der Waals surface area contributed by atoms with E-state index in [4.69, 9.17) is 9.26 Å². The van der Waals surface area contributed by atoms with Gasteiger partial charge in [0.1, 0.15) is 25.0 Å². The van der Waals surface area contributed by atoms with Gasteiger partial charge in [-0.25, -0.2) is 4.79 Å². The van der Waals surface area contributed by atoms with Crippen LogP contribution >= 0.6 is 7.37 Å². The van der Waals surface area contributed by atoms with Crippen molar-refractivity contribution < 1.29 is 37.8 Å². The zero-order chi connectivity index (χ0) is 31.4. The molecule has 2 unspecified atom stereocenters. The summed E-state index contributed by atoms with van der Waals surface area (Å²) in [5.74, 6) is -2.73. The fourth-order valence-electron chi connectivity index (χ4n) is 4.79. The number of alkyl carbamates (subject to hydrolysis) is 1. The predicted octanol–water partition coefficient (Wildman–Crippen LogP) is 3.25. The van der Waals surface area contributed by atoms with E-state index >= 15 is 0 Å². The van der Waals surface area contributed by atoms with Crippen molar-refractivity contribution in [2.24, 2.45) is 17.8 Å². The lowest BCUT2D eigenvalue weighted by atomic mass is 9.96. The van der Waals surface area contributed by atoms with Crippen LogP contribution in [-0.4, -0.2) is 72.8 Å². The number of likely N-dealkylation sites (tertiary alicyclic amines) is 1. The number of rotatable bonds is 16. The molecule has 13 heteroatoms. The molecule has 1 aromatic carbocycles. The number of hydrogen-bond donors (Lipinski definition) is 3. The minimum Gasteiger partial charge on any atom is -0.445 e. The fraction of sp³-hybridized carbons (Fsp3) is 0.621. The van der Waals surface area contributed by atoms with E-state index in [0.717, 1.165) is 10.5 Å². The van der Waals surface area contributed by atoms with Gasteiger partial charge in [0.05, 0.1) is 13.0 Å². The Morgan fingerprint density at radius 1 is 1.02 bits per heavy atom. The van der Waals surface area contributed by atoms with Gasteiger partial charge in [0.15, 0.2) is 0 Å². The molecule has 234 valence electrons. The van der Waals surface area contributed by atoms with Crippen LogP contribution in [0.25, 0.3) is 0 Å². The first-order valence-corrected chi connectivity index (χ1v) is 16.3. The number of carbonyl (C=O) groups excluding carboxylic acids is 5. The first kappa shape index (κ1) is 35.0. The van der Waals surface area contributed by atoms with Crippen molar-refractivity contribution in [3.8, 4) is 0 Å². The first-order valence-electron chi connectivity index (χ1n) is 14.3. The van der Waals surface area contributed by atoms with Crippen molar-refractivity contribution >= 4 is 37.1 Å². The van der Waals surface area contributed by atoms with Crippen molar-refractivity contribution in [1.82, 2.24) is 20.9 Å². The monoisotopic (exact) mass is 608 g/mol. The van der Waals surface area contributed by atoms with Gasteiger partial charge in [0, 0.05) is 19.1 Å². The van der Waals surface area contributed by atoms with Crippen LogP contribution in [0.1, 0.15) is 59.4 Å². The lowest BCUT2D eigenvalue weighted by molar-refractivity contribution is -0.138. The zero-order valence-corrected chi connectivity index (χ0v) is 26.3. The summed E-state index contributed by atoms with van der Waals surface area (Å²) in [4.78, 5) is 64.8. The Balaban J connectivity index is 2.13. The van der Waals surface area contributed by atoms with E-state index in [1.54, 1.807) is 31.2 Å². The normalized spacial score (nSPS) is 18.0. The molecule has 12 nitrogen and oxygen atoms in total. The number of ether oxygens (including phenoxy) is 1. The molecule has 42 heavy (non-hydrogen) atoms. The smallest absolute Gasteiger partial charge is 0.408 e. The molecular weight excluding hydrogens is 563 g/mol. The molecule has 1 aliphatic heterocycles. The van der Waals surface area contributed by atoms with Gasteiger partial charge in [-0.3, -0.25) is 28.6 Å². The van der Waals surface area contributed by atoms with Gasteiger partial charge < -0.3 is 25.2 Å². The van der Waals surface area contributed by atoms with Gasteiger partial charge in [-0.15, -0.1) is 0 Å². The highest BCUT2D eigenvalue weighted by atomic mass is 31.2. The van der Waals surface area contributed by atoms with Gasteiger partial charge in [-0.1, -0.05) is 58.0 Å². The zero-order valence-electron chi connectivity index (χ0n) is 25.4. The molecule has 0 spiro atoms. The van der Waals surface area contributed by atoms with Gasteiger partial charge >= 0.3 is 6.09 Å². The van der Waals surface area contributed by atoms with E-state index in [1.807, 2.05) is 33.8 Å². The second kappa shape index (κ2) is 16.4. The van der Waals surface area contributed by atoms with E-state index in [9.17, 15) is 28.5 Å². The van der Waals surface area contributed by atoms with Crippen LogP contribution in [-0.2, 0) is 39.6 Å². The third kappa shape index (κ3) is 10.9. The summed E-state index contributed by atoms with van der Waals surface area (Å²) in [5, 5.41) is 7.77. The molecule has 4 atom stereocenters. The number of carbonyl (C=O) groups is 5. The van der Waals surface area contributed by atoms with Crippen LogP contribution in [0.4, 0.5) is 4.79 Å². The van der Waals surface area contributed by atoms with Crippen LogP contribution in [0.3, 0.4) is 0 Å². The average Bonchev–Trinajstić information content (AvgIpc) is 3.17. The minimum atomic E-state index is -3.75. The lowest BCUT2D eigenvalue weighted by Crippen LogP contribution is -2.49. The van der Waals surface area contributed by atoms with Crippen molar-refractivity contribution in [1.29, 1.82) is 0 Å². The molecule has 1 aliphatic rings. The SMILES string of the molecule is CCOP(=O)(CC(CC(C)C)C(=O)N[C@@H](CC(C)C)C(=O)NC)CN1C(=O)C[C@H](NC(=O)OCc2ccccc2)C1=O. The number of amides is 5. The highest BCUT2D eigenvalue weighted by Crippen LogP contribution is 2.50. The molecule has 2 rings (SSSR count). The third-order valence-electron chi connectivity index (χ3n) is 6.68. The van der Waals surface area contributed by atoms with Crippen molar-refractivity contribution in [3.63, 3.8) is 0 Å². The summed E-state index contributed by atoms with van der Waals surface area (Å²) >= 11 is 0. The maximum absolute atomic E-state index is 14.1. The highest BCUT2D eigenvalue weighted by molar-refractivity contribution is 7.59. The maximum Gasteiger partial charge on any atom is 0.408 e. The Morgan fingerprint density at radius 2 is 1.67 bits per heavy atom. The number of nitrogens with zero attached hydrogens (tertiary/aromatic N) is 1. The summed E-state index contributed by atoms with van der Waals surface area (Å²) in [7, 11) is -2.25. The second-order valence-corrected chi connectivity index (χ2v) is 13.8. The van der Waals surface area contributed by atoms with Crippen LogP contribution < -0.4 is 16.0 Å². The highest BCUT2D eigenvalue weighted by Gasteiger charge is 2.44. The topological polar surface area (TPSA) is 160 Å². The third-order valence-corrected chi connectivity index (χ3v) is 9.12. The Morgan fingerprint density at radius 3 is 2.24 bits per heavy atom. The molecule has 1 fully saturated rings. The van der Waals surface area contributed by atoms with E-state index in [1.165, 1.54) is 7.05 Å². The first-order chi connectivity index (χ1) is 19.8. The number of likely N-dealkylation sites (N-methyl/N-ethyl adjacent to an activating group) is 1. The largest absolute Gasteiger partial charge is 0.445 e. The Hall–Kier alpha value is -3.24. The Bertz CT molecular complexity index is 1140. The number of hydrogen-bond acceptors (Lipinski definition) is 8. The lowest BCUT2D eigenvalue weighted by Gasteiger charge is -2.28. The molecule has 0 bridgehead atoms. The summed E-state index contributed by atoms with van der Waals surface area (Å²) in [6.45, 7) is 9.36. The van der Waals surface area contributed by atoms with Gasteiger partial charge in [-0.2, -0.15) is 0 Å². The van der Waals surface area contributed by atoms with E-state index in [-0.39, 0.29) is 43.5 Å². The predicted molar refractivity (Wildman–Crippen MR) is 157 cm³/mol. The van der Waals surface area contributed by atoms with Crippen LogP contribution in [0.15, 0.2) is 30.3 Å². The summed E-state index contributed by atoms with van der Waals surface area (Å²) in [5.41, 5.74) is 0.756. The fourth-order valence-corrected chi connectivity index (χ4v) is 7.28. The van der Waals surface area contributed by atoms with Crippen molar-refractivity contribution in [2.45, 2.75) is 72.6 Å². The van der Waals surface area contributed by atoms with Gasteiger partial charge in [-0.05, 0) is 37.2 Å². The minimum absolute atomic E-state index is 0.0119. The van der Waals surface area contributed by atoms with E-state index in [2.05, 4.69) is 16.0 Å². The van der Waals surface area contributed by atoms with Crippen molar-refractivity contribution in [3.05, 3.63) is 35.9 Å². The van der Waals surface area contributed by atoms with E-state index < -0.39 is 55.5 Å². The summed E-state index contributed by atoms with van der Waals surface area (Å²) in [6, 6.07) is 7.04. The molecule has 1 heterocycles. The summed E-state index contributed by atoms with van der Waals surface area (Å²) < 4.78 is 24.8. The summed E-state index contributed by atoms with van der Waals surface area (Å²) in [6.07, 6.45) is -1.15. The molecule has 0 aromatic heterocycles. The maximum atomic E-state index is 14.1. The molecule has 0 saturated carbocycles. The number of imide groups is 1. The molecule has 1 saturated heterocycles. The standard InChI is InChI=1S/C29H45N4O8P/c1-7-41-42(39,17-22(13-19(2)3)26(35)31-23(14-20(4)5)27(36)30-6)18-33-25(34)15-24(28(33)37)32-29(38)40-16-21-11-9-8-10-12-21/h8-12,19-20,22-24H,7,13-18H2,1-6H3,(H,30,36)(H,31,35)(H,32,38)/t22?,23-,24-,42?/m0/s1. The van der Waals surface area contributed by atoms with Crippen LogP contribution in [0.5, 0.6) is 0 Å². The second-order valence-electron chi connectivity index (χ2n) is 11.3. The van der Waals surface area contributed by atoms with E-state index in [0.29, 0.717) is 12.8 Å². The Labute approximate surface area is 248 Å².